The number of aliphatic imine (C=N–C) groups is 1. The summed E-state index contributed by atoms with van der Waals surface area (Å²) >= 11 is 12.8. The van der Waals surface area contributed by atoms with E-state index in [1.165, 1.54) is 0 Å². The molecular formula is C28H27Cl2N3O2. The summed E-state index contributed by atoms with van der Waals surface area (Å²) in [6, 6.07) is 16.7. The number of hydrogen-bond acceptors (Lipinski definition) is 5. The van der Waals surface area contributed by atoms with Crippen LogP contribution in [0.2, 0.25) is 10.0 Å². The maximum absolute atomic E-state index is 13.2. The monoisotopic (exact) mass is 507 g/mol. The highest BCUT2D eigenvalue weighted by Crippen LogP contribution is 2.28. The van der Waals surface area contributed by atoms with Crippen molar-refractivity contribution in [2.75, 3.05) is 24.6 Å². The Balaban J connectivity index is 1.49. The van der Waals surface area contributed by atoms with Crippen molar-refractivity contribution in [1.29, 1.82) is 0 Å². The summed E-state index contributed by atoms with van der Waals surface area (Å²) in [5, 5.41) is 10.6. The molecule has 1 saturated heterocycles. The number of piperidine rings is 1. The molecule has 1 fully saturated rings. The minimum Gasteiger partial charge on any atom is -0.396 e. The van der Waals surface area contributed by atoms with Gasteiger partial charge in [0.05, 0.1) is 5.71 Å². The summed E-state index contributed by atoms with van der Waals surface area (Å²) < 4.78 is 0. The van der Waals surface area contributed by atoms with Crippen LogP contribution in [0.15, 0.2) is 65.8 Å². The molecule has 0 radical (unpaired) electrons. The Morgan fingerprint density at radius 1 is 1.03 bits per heavy atom. The Morgan fingerprint density at radius 2 is 1.83 bits per heavy atom. The molecule has 1 unspecified atom stereocenters. The molecule has 5 rings (SSSR count). The van der Waals surface area contributed by atoms with Crippen molar-refractivity contribution in [3.63, 3.8) is 0 Å². The van der Waals surface area contributed by atoms with E-state index in [-0.39, 0.29) is 12.4 Å². The number of fused-ring (bicyclic) bond motifs is 1. The molecule has 1 N–H and O–H groups in total. The summed E-state index contributed by atoms with van der Waals surface area (Å²) in [5.41, 5.74) is 4.25. The standard InChI is InChI=1S/C28H27Cl2N3O2/c29-22-7-5-19-14-26(35)25(13-20-3-1-2-4-24(20)30)32-28(23(19)15-22)21-6-8-27(31-16-21)33-11-9-18(17-34)10-12-33/h1-8,15-16,18,25,34H,9-14,17H2. The third-order valence-electron chi connectivity index (χ3n) is 6.94. The first-order chi connectivity index (χ1) is 17.0. The van der Waals surface area contributed by atoms with Gasteiger partial charge in [0.1, 0.15) is 11.9 Å². The summed E-state index contributed by atoms with van der Waals surface area (Å²) in [4.78, 5) is 25.2. The topological polar surface area (TPSA) is 65.8 Å². The predicted molar refractivity (Wildman–Crippen MR) is 141 cm³/mol. The van der Waals surface area contributed by atoms with Gasteiger partial charge in [0, 0.05) is 59.9 Å². The van der Waals surface area contributed by atoms with Crippen LogP contribution in [0.3, 0.4) is 0 Å². The van der Waals surface area contributed by atoms with Crippen molar-refractivity contribution >= 4 is 40.5 Å². The SMILES string of the molecule is O=C1Cc2ccc(Cl)cc2C(c2ccc(N3CCC(CO)CC3)nc2)=NC1Cc1ccccc1Cl. The molecule has 5 nitrogen and oxygen atoms in total. The minimum atomic E-state index is -0.548. The van der Waals surface area contributed by atoms with Crippen LogP contribution in [-0.2, 0) is 17.6 Å². The molecule has 2 aliphatic heterocycles. The minimum absolute atomic E-state index is 0.0554. The van der Waals surface area contributed by atoms with Crippen LogP contribution in [0, 0.1) is 5.92 Å². The first kappa shape index (κ1) is 24.0. The number of ketones is 1. The smallest absolute Gasteiger partial charge is 0.162 e. The normalized spacial score (nSPS) is 18.7. The Labute approximate surface area is 215 Å². The summed E-state index contributed by atoms with van der Waals surface area (Å²) in [6.07, 6.45) is 4.49. The van der Waals surface area contributed by atoms with Crippen LogP contribution >= 0.6 is 23.2 Å². The second kappa shape index (κ2) is 10.5. The number of hydrogen-bond donors (Lipinski definition) is 1. The number of halogens is 2. The Kier molecular flexibility index (Phi) is 7.19. The number of pyridine rings is 1. The third kappa shape index (κ3) is 5.27. The van der Waals surface area contributed by atoms with E-state index in [0.717, 1.165) is 59.7 Å². The molecule has 0 bridgehead atoms. The lowest BCUT2D eigenvalue weighted by molar-refractivity contribution is -0.119. The first-order valence-electron chi connectivity index (χ1n) is 12.0. The maximum Gasteiger partial charge on any atom is 0.162 e. The molecular weight excluding hydrogens is 481 g/mol. The number of aliphatic hydroxyl groups excluding tert-OH is 1. The van der Waals surface area contributed by atoms with Gasteiger partial charge in [0.15, 0.2) is 5.78 Å². The van der Waals surface area contributed by atoms with Crippen LogP contribution in [0.25, 0.3) is 0 Å². The van der Waals surface area contributed by atoms with Gasteiger partial charge in [-0.15, -0.1) is 0 Å². The van der Waals surface area contributed by atoms with Gasteiger partial charge in [0.2, 0.25) is 0 Å². The van der Waals surface area contributed by atoms with Gasteiger partial charge >= 0.3 is 0 Å². The summed E-state index contributed by atoms with van der Waals surface area (Å²) in [5.74, 6) is 1.34. The van der Waals surface area contributed by atoms with Gasteiger partial charge in [-0.25, -0.2) is 4.98 Å². The fourth-order valence-electron chi connectivity index (χ4n) is 4.85. The van der Waals surface area contributed by atoms with E-state index in [1.54, 1.807) is 0 Å². The lowest BCUT2D eigenvalue weighted by Gasteiger charge is -2.32. The van der Waals surface area contributed by atoms with Gasteiger partial charge in [-0.05, 0) is 60.2 Å². The van der Waals surface area contributed by atoms with Crippen LogP contribution in [-0.4, -0.2) is 47.3 Å². The first-order valence-corrected chi connectivity index (χ1v) is 12.7. The molecule has 3 aromatic rings. The van der Waals surface area contributed by atoms with E-state index in [9.17, 15) is 9.90 Å². The van der Waals surface area contributed by atoms with E-state index in [0.29, 0.717) is 28.8 Å². The zero-order chi connectivity index (χ0) is 24.4. The second-order valence-corrected chi connectivity index (χ2v) is 10.1. The quantitative estimate of drug-likeness (QED) is 0.517. The number of benzene rings is 2. The highest BCUT2D eigenvalue weighted by atomic mass is 35.5. The van der Waals surface area contributed by atoms with Crippen LogP contribution < -0.4 is 4.90 Å². The highest BCUT2D eigenvalue weighted by molar-refractivity contribution is 6.32. The largest absolute Gasteiger partial charge is 0.396 e. The van der Waals surface area contributed by atoms with Crippen LogP contribution in [0.4, 0.5) is 5.82 Å². The maximum atomic E-state index is 13.2. The number of aliphatic hydroxyl groups is 1. The average Bonchev–Trinajstić information content (AvgIpc) is 3.01. The molecule has 0 aliphatic carbocycles. The predicted octanol–water partition coefficient (Wildman–Crippen LogP) is 5.17. The third-order valence-corrected chi connectivity index (χ3v) is 7.54. The molecule has 2 aliphatic rings. The van der Waals surface area contributed by atoms with Gasteiger partial charge in [0.25, 0.3) is 0 Å². The molecule has 1 atom stereocenters. The number of carbonyl (C=O) groups is 1. The lowest BCUT2D eigenvalue weighted by atomic mass is 9.95. The Hall–Kier alpha value is -2.73. The molecule has 7 heteroatoms. The lowest BCUT2D eigenvalue weighted by Crippen LogP contribution is -2.35. The molecule has 0 spiro atoms. The molecule has 3 heterocycles. The number of Topliss-reactive ketones (excluding diaryl/α,β-unsaturated/α-hetero) is 1. The van der Waals surface area contributed by atoms with Crippen LogP contribution in [0.5, 0.6) is 0 Å². The number of aromatic nitrogens is 1. The second-order valence-electron chi connectivity index (χ2n) is 9.25. The van der Waals surface area contributed by atoms with Crippen molar-refractivity contribution in [3.05, 3.63) is 93.1 Å². The summed E-state index contributed by atoms with van der Waals surface area (Å²) in [6.45, 7) is 2.01. The number of anilines is 1. The fraction of sp³-hybridized carbons (Fsp3) is 0.321. The zero-order valence-corrected chi connectivity index (χ0v) is 20.8. The number of carbonyl (C=O) groups excluding carboxylic acids is 1. The molecule has 180 valence electrons. The van der Waals surface area contributed by atoms with E-state index < -0.39 is 6.04 Å². The average molecular weight is 508 g/mol. The van der Waals surface area contributed by atoms with Gasteiger partial charge in [-0.3, -0.25) is 9.79 Å². The van der Waals surface area contributed by atoms with E-state index in [1.807, 2.05) is 60.8 Å². The van der Waals surface area contributed by atoms with E-state index >= 15 is 0 Å². The highest BCUT2D eigenvalue weighted by Gasteiger charge is 2.27. The van der Waals surface area contributed by atoms with Crippen molar-refractivity contribution in [2.45, 2.75) is 31.7 Å². The zero-order valence-electron chi connectivity index (χ0n) is 19.3. The molecule has 0 amide bonds. The van der Waals surface area contributed by atoms with Crippen molar-refractivity contribution in [2.24, 2.45) is 10.9 Å². The molecule has 2 aromatic carbocycles. The number of nitrogens with zero attached hydrogens (tertiary/aromatic N) is 3. The summed E-state index contributed by atoms with van der Waals surface area (Å²) in [7, 11) is 0. The van der Waals surface area contributed by atoms with E-state index in [4.69, 9.17) is 33.2 Å². The molecule has 1 aromatic heterocycles. The van der Waals surface area contributed by atoms with Gasteiger partial charge in [-0.1, -0.05) is 47.5 Å². The molecule has 0 saturated carbocycles. The van der Waals surface area contributed by atoms with Crippen molar-refractivity contribution < 1.29 is 9.90 Å². The number of rotatable bonds is 5. The Morgan fingerprint density at radius 3 is 2.54 bits per heavy atom. The van der Waals surface area contributed by atoms with Crippen molar-refractivity contribution in [1.82, 2.24) is 4.98 Å². The van der Waals surface area contributed by atoms with E-state index in [2.05, 4.69) is 4.90 Å². The van der Waals surface area contributed by atoms with Crippen molar-refractivity contribution in [3.8, 4) is 0 Å². The molecule has 35 heavy (non-hydrogen) atoms. The van der Waals surface area contributed by atoms with Crippen LogP contribution in [0.1, 0.15) is 35.1 Å². The van der Waals surface area contributed by atoms with Gasteiger partial charge in [-0.2, -0.15) is 0 Å². The Bertz CT molecular complexity index is 1250. The van der Waals surface area contributed by atoms with Gasteiger partial charge < -0.3 is 10.0 Å². The fourth-order valence-corrected chi connectivity index (χ4v) is 5.23.